The van der Waals surface area contributed by atoms with Crippen molar-refractivity contribution in [1.29, 1.82) is 0 Å². The Morgan fingerprint density at radius 1 is 1.26 bits per heavy atom. The lowest BCUT2D eigenvalue weighted by molar-refractivity contribution is 0.0669. The summed E-state index contributed by atoms with van der Waals surface area (Å²) >= 11 is 0. The van der Waals surface area contributed by atoms with Crippen LogP contribution in [0.25, 0.3) is 5.57 Å². The van der Waals surface area contributed by atoms with Crippen molar-refractivity contribution in [3.05, 3.63) is 76.2 Å². The molecule has 2 aromatic rings. The zero-order chi connectivity index (χ0) is 24.5. The number of amides is 1. The predicted octanol–water partition coefficient (Wildman–Crippen LogP) is 4.08. The number of allylic oxidation sites excluding steroid dienone is 3. The third-order valence-electron chi connectivity index (χ3n) is 5.67. The highest BCUT2D eigenvalue weighted by Gasteiger charge is 2.24. The van der Waals surface area contributed by atoms with Gasteiger partial charge in [-0.15, -0.1) is 0 Å². The van der Waals surface area contributed by atoms with Gasteiger partial charge in [0.1, 0.15) is 17.1 Å². The highest BCUT2D eigenvalue weighted by atomic mass is 19.3. The molecule has 1 aliphatic carbocycles. The van der Waals surface area contributed by atoms with E-state index in [4.69, 9.17) is 9.73 Å². The largest absolute Gasteiger partial charge is 0.492 e. The molecule has 1 atom stereocenters. The Labute approximate surface area is 196 Å². The van der Waals surface area contributed by atoms with E-state index < -0.39 is 23.6 Å². The number of anilines is 1. The third kappa shape index (κ3) is 5.07. The molecule has 0 fully saturated rings. The van der Waals surface area contributed by atoms with Crippen LogP contribution in [0, 0.1) is 5.92 Å². The van der Waals surface area contributed by atoms with Crippen molar-refractivity contribution in [3.63, 3.8) is 0 Å². The van der Waals surface area contributed by atoms with E-state index in [9.17, 15) is 18.7 Å². The van der Waals surface area contributed by atoms with E-state index in [-0.39, 0.29) is 11.6 Å². The highest BCUT2D eigenvalue weighted by Crippen LogP contribution is 2.31. The van der Waals surface area contributed by atoms with Crippen LogP contribution in [-0.2, 0) is 0 Å². The number of rotatable bonds is 8. The maximum atomic E-state index is 13.1. The number of aliphatic hydroxyl groups is 1. The Hall–Kier alpha value is -3.39. The summed E-state index contributed by atoms with van der Waals surface area (Å²) in [6.07, 6.45) is 4.74. The fourth-order valence-electron chi connectivity index (χ4n) is 4.01. The maximum absolute atomic E-state index is 13.1. The number of hydrogen-bond donors (Lipinski definition) is 2. The Balaban J connectivity index is 1.72. The standard InChI is InChI=1S/C26H27F2N3O3/c1-4-34-21-11-10-17-22(16-9-8-15(14-20(16)29-17)12-13-26(2,3)33)23(21)31-25(32)19-7-5-6-18(30-19)24(27)28/h5-11,14-15,24,33H,4,12-13H2,1-3H3,(H,31,32). The Bertz CT molecular complexity index is 1290. The second-order valence-corrected chi connectivity index (χ2v) is 8.92. The summed E-state index contributed by atoms with van der Waals surface area (Å²) in [6, 6.07) is 7.52. The number of benzene rings is 1. The van der Waals surface area contributed by atoms with Crippen LogP contribution in [0.5, 0.6) is 5.75 Å². The van der Waals surface area contributed by atoms with E-state index in [1.54, 1.807) is 19.9 Å². The molecule has 2 N–H and O–H groups in total. The van der Waals surface area contributed by atoms with Gasteiger partial charge in [0.15, 0.2) is 0 Å². The van der Waals surface area contributed by atoms with Crippen molar-refractivity contribution < 1.29 is 23.4 Å². The molecule has 1 aliphatic heterocycles. The molecule has 8 heteroatoms. The lowest BCUT2D eigenvalue weighted by atomic mass is 9.90. The number of carbonyl (C=O) groups excluding carboxylic acids is 1. The van der Waals surface area contributed by atoms with Crippen molar-refractivity contribution in [1.82, 2.24) is 4.98 Å². The molecule has 1 aromatic heterocycles. The summed E-state index contributed by atoms with van der Waals surface area (Å²) < 4.78 is 31.9. The van der Waals surface area contributed by atoms with Crippen molar-refractivity contribution in [2.75, 3.05) is 11.9 Å². The highest BCUT2D eigenvalue weighted by molar-refractivity contribution is 6.04. The molecule has 0 radical (unpaired) electrons. The molecule has 0 saturated carbocycles. The van der Waals surface area contributed by atoms with E-state index in [1.165, 1.54) is 18.2 Å². The molecule has 1 amide bonds. The van der Waals surface area contributed by atoms with Gasteiger partial charge in [-0.25, -0.2) is 18.8 Å². The average Bonchev–Trinajstić information content (AvgIpc) is 3.17. The second kappa shape index (κ2) is 9.46. The summed E-state index contributed by atoms with van der Waals surface area (Å²) in [7, 11) is 0. The molecular weight excluding hydrogens is 440 g/mol. The Morgan fingerprint density at radius 2 is 2.06 bits per heavy atom. The minimum Gasteiger partial charge on any atom is -0.492 e. The molecular formula is C26H27F2N3O3. The number of alkyl halides is 2. The number of carbonyl (C=O) groups is 1. The molecule has 0 bridgehead atoms. The first-order valence-electron chi connectivity index (χ1n) is 11.2. The minimum absolute atomic E-state index is 0.112. The first-order chi connectivity index (χ1) is 16.2. The number of ether oxygens (including phenoxy) is 1. The monoisotopic (exact) mass is 467 g/mol. The maximum Gasteiger partial charge on any atom is 0.280 e. The van der Waals surface area contributed by atoms with E-state index in [2.05, 4.69) is 22.5 Å². The van der Waals surface area contributed by atoms with Gasteiger partial charge in [0.2, 0.25) is 0 Å². The van der Waals surface area contributed by atoms with E-state index in [0.29, 0.717) is 35.0 Å². The molecule has 0 spiro atoms. The number of halogens is 2. The molecule has 4 rings (SSSR count). The number of aromatic nitrogens is 1. The van der Waals surface area contributed by atoms with Crippen LogP contribution in [0.3, 0.4) is 0 Å². The van der Waals surface area contributed by atoms with Gasteiger partial charge in [-0.05, 0) is 63.8 Å². The normalized spacial score (nSPS) is 16.6. The van der Waals surface area contributed by atoms with E-state index in [0.717, 1.165) is 17.7 Å². The van der Waals surface area contributed by atoms with Crippen LogP contribution in [-0.4, -0.2) is 28.2 Å². The smallest absolute Gasteiger partial charge is 0.280 e. The van der Waals surface area contributed by atoms with Crippen molar-refractivity contribution in [3.8, 4) is 5.75 Å². The number of hydrogen-bond acceptors (Lipinski definition) is 5. The van der Waals surface area contributed by atoms with E-state index >= 15 is 0 Å². The summed E-state index contributed by atoms with van der Waals surface area (Å²) in [5, 5.41) is 14.3. The average molecular weight is 468 g/mol. The van der Waals surface area contributed by atoms with Crippen LogP contribution in [0.1, 0.15) is 56.2 Å². The van der Waals surface area contributed by atoms with Gasteiger partial charge in [-0.1, -0.05) is 24.3 Å². The summed E-state index contributed by atoms with van der Waals surface area (Å²) in [6.45, 7) is 5.79. The first-order valence-corrected chi connectivity index (χ1v) is 11.2. The van der Waals surface area contributed by atoms with Gasteiger partial charge < -0.3 is 15.2 Å². The Kier molecular flexibility index (Phi) is 6.61. The molecule has 1 unspecified atom stereocenters. The van der Waals surface area contributed by atoms with Crippen molar-refractivity contribution in [2.24, 2.45) is 10.9 Å². The Morgan fingerprint density at radius 3 is 2.76 bits per heavy atom. The molecule has 0 saturated heterocycles. The topological polar surface area (TPSA) is 83.8 Å². The molecule has 2 aliphatic rings. The SMILES string of the molecule is CCOc1ccc2c(c1NC(=O)c1cccc(C(F)F)n1)=C1C=CC(CCC(C)(C)O)C=C1N=2. The molecule has 2 heterocycles. The number of nitrogens with one attached hydrogen (secondary N) is 1. The van der Waals surface area contributed by atoms with Crippen LogP contribution >= 0.6 is 0 Å². The van der Waals surface area contributed by atoms with Gasteiger partial charge in [-0.3, -0.25) is 4.79 Å². The van der Waals surface area contributed by atoms with Crippen molar-refractivity contribution in [2.45, 2.75) is 45.6 Å². The van der Waals surface area contributed by atoms with Crippen LogP contribution in [0.2, 0.25) is 0 Å². The zero-order valence-electron chi connectivity index (χ0n) is 19.3. The molecule has 178 valence electrons. The van der Waals surface area contributed by atoms with Crippen LogP contribution < -0.4 is 20.6 Å². The van der Waals surface area contributed by atoms with Gasteiger partial charge in [-0.2, -0.15) is 0 Å². The zero-order valence-corrected chi connectivity index (χ0v) is 19.3. The fraction of sp³-hybridized carbons (Fsp3) is 0.346. The first kappa shape index (κ1) is 23.8. The van der Waals surface area contributed by atoms with Gasteiger partial charge >= 0.3 is 0 Å². The van der Waals surface area contributed by atoms with Gasteiger partial charge in [0.05, 0.1) is 28.9 Å². The predicted molar refractivity (Wildman–Crippen MR) is 125 cm³/mol. The van der Waals surface area contributed by atoms with Crippen LogP contribution in [0.15, 0.2) is 59.2 Å². The summed E-state index contributed by atoms with van der Waals surface area (Å²) in [4.78, 5) is 21.5. The second-order valence-electron chi connectivity index (χ2n) is 8.92. The minimum atomic E-state index is -2.77. The molecule has 1 aromatic carbocycles. The number of nitrogens with zero attached hydrogens (tertiary/aromatic N) is 2. The lowest BCUT2D eigenvalue weighted by Crippen LogP contribution is -2.30. The summed E-state index contributed by atoms with van der Waals surface area (Å²) in [5.74, 6) is -0.0206. The molecule has 6 nitrogen and oxygen atoms in total. The third-order valence-corrected chi connectivity index (χ3v) is 5.67. The number of pyridine rings is 1. The summed E-state index contributed by atoms with van der Waals surface area (Å²) in [5.41, 5.74) is 0.750. The van der Waals surface area contributed by atoms with E-state index in [1.807, 2.05) is 19.1 Å². The van der Waals surface area contributed by atoms with Gasteiger partial charge in [0, 0.05) is 10.8 Å². The lowest BCUT2D eigenvalue weighted by Gasteiger charge is -2.20. The van der Waals surface area contributed by atoms with Crippen LogP contribution in [0.4, 0.5) is 14.5 Å². The van der Waals surface area contributed by atoms with Crippen molar-refractivity contribution >= 4 is 17.2 Å². The van der Waals surface area contributed by atoms with Gasteiger partial charge in [0.25, 0.3) is 12.3 Å². The quantitative estimate of drug-likeness (QED) is 0.613. The molecule has 34 heavy (non-hydrogen) atoms. The fourth-order valence-corrected chi connectivity index (χ4v) is 4.01. The number of fused-ring (bicyclic) bond motifs is 2.